The quantitative estimate of drug-likeness (QED) is 0.490. The number of hydrogen-bond acceptors (Lipinski definition) is 1. The van der Waals surface area contributed by atoms with Crippen molar-refractivity contribution in [1.29, 1.82) is 0 Å². The van der Waals surface area contributed by atoms with Crippen LogP contribution in [0.5, 0.6) is 5.75 Å². The molecule has 0 amide bonds. The molecule has 1 heterocycles. The normalized spacial score (nSPS) is 9.27. The first-order valence-electron chi connectivity index (χ1n) is 4.36. The Morgan fingerprint density at radius 3 is 2.87 bits per heavy atom. The Bertz CT molecular complexity index is 517. The lowest BCUT2D eigenvalue weighted by Gasteiger charge is -1.98. The van der Waals surface area contributed by atoms with Gasteiger partial charge in [-0.2, -0.15) is 4.57 Å². The van der Waals surface area contributed by atoms with Crippen LogP contribution in [0.25, 0.3) is 10.9 Å². The number of aromatic nitrogens is 1. The average Bonchev–Trinajstić information content (AvgIpc) is 2.18. The third kappa shape index (κ3) is 2.28. The molecule has 2 aromatic rings. The van der Waals surface area contributed by atoms with Gasteiger partial charge in [-0.1, -0.05) is 0 Å². The zero-order valence-electron chi connectivity index (χ0n) is 8.02. The number of halogens is 1. The standard InChI is InChI=1S/C12H9NO.BrH/c1-2-7-13-8-3-4-10-9-11(14)5-6-12(10)13;/h1,3-6,8-9H,7H2;1H. The van der Waals surface area contributed by atoms with Crippen molar-refractivity contribution < 1.29 is 26.7 Å². The third-order valence-electron chi connectivity index (χ3n) is 2.12. The summed E-state index contributed by atoms with van der Waals surface area (Å²) in [4.78, 5) is 0. The molecule has 15 heavy (non-hydrogen) atoms. The predicted molar refractivity (Wildman–Crippen MR) is 54.6 cm³/mol. The minimum absolute atomic E-state index is 0. The van der Waals surface area contributed by atoms with E-state index in [2.05, 4.69) is 5.92 Å². The molecule has 0 saturated carbocycles. The van der Waals surface area contributed by atoms with Gasteiger partial charge < -0.3 is 22.1 Å². The van der Waals surface area contributed by atoms with Crippen LogP contribution in [0.15, 0.2) is 36.5 Å². The van der Waals surface area contributed by atoms with Crippen LogP contribution < -0.4 is 21.5 Å². The van der Waals surface area contributed by atoms with E-state index in [-0.39, 0.29) is 22.7 Å². The zero-order chi connectivity index (χ0) is 9.97. The first-order chi connectivity index (χ1) is 6.81. The minimum atomic E-state index is 0. The lowest BCUT2D eigenvalue weighted by molar-refractivity contribution is -0.658. The molecule has 1 aromatic heterocycles. The van der Waals surface area contributed by atoms with Gasteiger partial charge in [0.25, 0.3) is 0 Å². The number of terminal acetylenes is 1. The molecule has 0 spiro atoms. The number of phenolic OH excluding ortho intramolecular Hbond substituents is 1. The fourth-order valence-corrected chi connectivity index (χ4v) is 1.50. The van der Waals surface area contributed by atoms with Crippen molar-refractivity contribution in [3.63, 3.8) is 0 Å². The summed E-state index contributed by atoms with van der Waals surface area (Å²) in [5.41, 5.74) is 1.03. The van der Waals surface area contributed by atoms with Crippen LogP contribution >= 0.6 is 0 Å². The topological polar surface area (TPSA) is 24.1 Å². The molecular weight excluding hydrogens is 254 g/mol. The first kappa shape index (κ1) is 11.5. The molecule has 0 aliphatic carbocycles. The summed E-state index contributed by atoms with van der Waals surface area (Å²) in [6, 6.07) is 9.11. The SMILES string of the molecule is C#CC[n+]1cccc2cc(O)ccc21.[Br-]. The number of nitrogens with zero attached hydrogens (tertiary/aromatic N) is 1. The highest BCUT2D eigenvalue weighted by molar-refractivity contribution is 5.76. The fourth-order valence-electron chi connectivity index (χ4n) is 1.50. The highest BCUT2D eigenvalue weighted by Crippen LogP contribution is 2.16. The van der Waals surface area contributed by atoms with E-state index >= 15 is 0 Å². The number of fused-ring (bicyclic) bond motifs is 1. The molecule has 0 fully saturated rings. The van der Waals surface area contributed by atoms with Crippen molar-refractivity contribution in [3.05, 3.63) is 36.5 Å². The number of rotatable bonds is 1. The summed E-state index contributed by atoms with van der Waals surface area (Å²) in [5, 5.41) is 10.3. The molecule has 0 radical (unpaired) electrons. The van der Waals surface area contributed by atoms with E-state index in [1.807, 2.05) is 29.0 Å². The number of aromatic hydroxyl groups is 1. The maximum atomic E-state index is 9.30. The van der Waals surface area contributed by atoms with E-state index in [4.69, 9.17) is 6.42 Å². The Balaban J connectivity index is 0.00000112. The van der Waals surface area contributed by atoms with E-state index in [9.17, 15) is 5.11 Å². The molecule has 0 bridgehead atoms. The van der Waals surface area contributed by atoms with Crippen LogP contribution in [0, 0.1) is 12.3 Å². The summed E-state index contributed by atoms with van der Waals surface area (Å²) in [6.45, 7) is 0.544. The fraction of sp³-hybridized carbons (Fsp3) is 0.0833. The molecule has 0 aliphatic heterocycles. The Morgan fingerprint density at radius 1 is 1.33 bits per heavy atom. The van der Waals surface area contributed by atoms with Gasteiger partial charge in [0.2, 0.25) is 12.1 Å². The highest BCUT2D eigenvalue weighted by atomic mass is 79.9. The Hall–Kier alpha value is -1.53. The average molecular weight is 264 g/mol. The largest absolute Gasteiger partial charge is 1.00 e. The van der Waals surface area contributed by atoms with Crippen molar-refractivity contribution >= 4 is 10.9 Å². The van der Waals surface area contributed by atoms with E-state index in [1.54, 1.807) is 12.1 Å². The second-order valence-corrected chi connectivity index (χ2v) is 3.08. The number of phenols is 1. The van der Waals surface area contributed by atoms with Crippen LogP contribution in [0.3, 0.4) is 0 Å². The van der Waals surface area contributed by atoms with E-state index in [0.29, 0.717) is 6.54 Å². The summed E-state index contributed by atoms with van der Waals surface area (Å²) >= 11 is 0. The van der Waals surface area contributed by atoms with Gasteiger partial charge in [-0.05, 0) is 24.1 Å². The van der Waals surface area contributed by atoms with Gasteiger partial charge in [-0.25, -0.2) is 0 Å². The lowest BCUT2D eigenvalue weighted by atomic mass is 10.2. The lowest BCUT2D eigenvalue weighted by Crippen LogP contribution is -3.00. The second kappa shape index (κ2) is 4.81. The van der Waals surface area contributed by atoms with E-state index in [0.717, 1.165) is 10.9 Å². The van der Waals surface area contributed by atoms with Crippen molar-refractivity contribution in [2.24, 2.45) is 0 Å². The summed E-state index contributed by atoms with van der Waals surface area (Å²) in [7, 11) is 0. The van der Waals surface area contributed by atoms with Gasteiger partial charge in [0.05, 0.1) is 5.39 Å². The molecule has 0 aliphatic rings. The highest BCUT2D eigenvalue weighted by Gasteiger charge is 2.06. The summed E-state index contributed by atoms with van der Waals surface area (Å²) in [6.07, 6.45) is 7.19. The number of pyridine rings is 1. The minimum Gasteiger partial charge on any atom is -1.00 e. The first-order valence-corrected chi connectivity index (χ1v) is 4.36. The van der Waals surface area contributed by atoms with Crippen molar-refractivity contribution in [3.8, 4) is 18.1 Å². The number of hydrogen-bond donors (Lipinski definition) is 1. The zero-order valence-corrected chi connectivity index (χ0v) is 9.61. The van der Waals surface area contributed by atoms with E-state index in [1.165, 1.54) is 0 Å². The van der Waals surface area contributed by atoms with E-state index < -0.39 is 0 Å². The van der Waals surface area contributed by atoms with Crippen LogP contribution in [-0.2, 0) is 6.54 Å². The molecule has 2 rings (SSSR count). The van der Waals surface area contributed by atoms with Crippen LogP contribution in [0.2, 0.25) is 0 Å². The van der Waals surface area contributed by atoms with Gasteiger partial charge in [0.15, 0.2) is 6.20 Å². The maximum absolute atomic E-state index is 9.30. The molecule has 2 nitrogen and oxygen atoms in total. The van der Waals surface area contributed by atoms with Crippen LogP contribution in [-0.4, -0.2) is 5.11 Å². The molecular formula is C12H10BrNO. The van der Waals surface area contributed by atoms with Gasteiger partial charge in [0, 0.05) is 12.1 Å². The molecule has 1 N–H and O–H groups in total. The molecule has 76 valence electrons. The van der Waals surface area contributed by atoms with Crippen LogP contribution in [0.4, 0.5) is 0 Å². The van der Waals surface area contributed by atoms with Gasteiger partial charge in [0.1, 0.15) is 5.75 Å². The summed E-state index contributed by atoms with van der Waals surface area (Å²) in [5.74, 6) is 2.87. The van der Waals surface area contributed by atoms with Gasteiger partial charge in [-0.3, -0.25) is 0 Å². The Kier molecular flexibility index (Phi) is 3.70. The van der Waals surface area contributed by atoms with Gasteiger partial charge >= 0.3 is 0 Å². The monoisotopic (exact) mass is 263 g/mol. The van der Waals surface area contributed by atoms with Crippen molar-refractivity contribution in [2.45, 2.75) is 6.54 Å². The number of benzene rings is 1. The molecule has 3 heteroatoms. The molecule has 0 atom stereocenters. The van der Waals surface area contributed by atoms with Gasteiger partial charge in [-0.15, -0.1) is 6.42 Å². The third-order valence-corrected chi connectivity index (χ3v) is 2.12. The summed E-state index contributed by atoms with van der Waals surface area (Å²) < 4.78 is 1.97. The Labute approximate surface area is 98.9 Å². The smallest absolute Gasteiger partial charge is 0.213 e. The molecule has 0 unspecified atom stereocenters. The molecule has 0 saturated heterocycles. The second-order valence-electron chi connectivity index (χ2n) is 3.08. The van der Waals surface area contributed by atoms with Crippen molar-refractivity contribution in [2.75, 3.05) is 0 Å². The molecule has 1 aromatic carbocycles. The maximum Gasteiger partial charge on any atom is 0.213 e. The Morgan fingerprint density at radius 2 is 2.13 bits per heavy atom. The van der Waals surface area contributed by atoms with Crippen LogP contribution in [0.1, 0.15) is 0 Å². The predicted octanol–water partition coefficient (Wildman–Crippen LogP) is -1.53. The van der Waals surface area contributed by atoms with Crippen molar-refractivity contribution in [1.82, 2.24) is 0 Å².